The molecule has 0 radical (unpaired) electrons. The number of ether oxygens (including phenoxy) is 2. The van der Waals surface area contributed by atoms with Crippen molar-refractivity contribution in [3.05, 3.63) is 70.2 Å². The fourth-order valence-corrected chi connectivity index (χ4v) is 5.98. The smallest absolute Gasteiger partial charge is 0.417 e. The van der Waals surface area contributed by atoms with Gasteiger partial charge in [-0.05, 0) is 41.8 Å². The minimum atomic E-state index is -2.94. The molecule has 214 valence electrons. The van der Waals surface area contributed by atoms with Crippen molar-refractivity contribution in [2.24, 2.45) is 17.6 Å². The van der Waals surface area contributed by atoms with Crippen molar-refractivity contribution < 1.29 is 54.2 Å². The van der Waals surface area contributed by atoms with Crippen molar-refractivity contribution in [2.45, 2.75) is 31.0 Å². The summed E-state index contributed by atoms with van der Waals surface area (Å²) in [6, 6.07) is 8.84. The summed E-state index contributed by atoms with van der Waals surface area (Å²) in [4.78, 5) is 51.2. The molecule has 3 aliphatic rings. The third-order valence-corrected chi connectivity index (χ3v) is 8.01. The molecule has 0 heterocycles. The summed E-state index contributed by atoms with van der Waals surface area (Å²) < 4.78 is 10.2. The number of primary amides is 1. The number of fused-ring (bicyclic) bond motifs is 3. The molecule has 0 spiro atoms. The predicted octanol–water partition coefficient (Wildman–Crippen LogP) is 1.73. The average Bonchev–Trinajstić information content (AvgIpc) is 2.92. The number of anilines is 1. The van der Waals surface area contributed by atoms with Crippen LogP contribution in [0.1, 0.15) is 35.2 Å². The number of phenols is 1. The van der Waals surface area contributed by atoms with Gasteiger partial charge in [0.15, 0.2) is 17.1 Å². The van der Waals surface area contributed by atoms with E-state index >= 15 is 0 Å². The lowest BCUT2D eigenvalue weighted by molar-refractivity contribution is -0.154. The topological polar surface area (TPSA) is 226 Å². The molecule has 0 aliphatic heterocycles. The van der Waals surface area contributed by atoms with Gasteiger partial charge in [0, 0.05) is 23.8 Å². The van der Waals surface area contributed by atoms with E-state index in [4.69, 9.17) is 15.2 Å². The second-order valence-electron chi connectivity index (χ2n) is 10.1. The molecule has 0 unspecified atom stereocenters. The van der Waals surface area contributed by atoms with Gasteiger partial charge in [-0.1, -0.05) is 13.0 Å². The highest BCUT2D eigenvalue weighted by atomic mass is 16.6. The molecule has 3 aliphatic carbocycles. The number of amides is 2. The van der Waals surface area contributed by atoms with Gasteiger partial charge in [0.1, 0.15) is 28.6 Å². The summed E-state index contributed by atoms with van der Waals surface area (Å²) >= 11 is 0. The van der Waals surface area contributed by atoms with Crippen LogP contribution in [0.3, 0.4) is 0 Å². The number of hydrogen-bond donors (Lipinski definition) is 7. The van der Waals surface area contributed by atoms with Crippen LogP contribution in [0.5, 0.6) is 17.2 Å². The van der Waals surface area contributed by atoms with E-state index in [1.807, 2.05) is 0 Å². The summed E-state index contributed by atoms with van der Waals surface area (Å²) in [5.41, 5.74) is 0.438. The van der Waals surface area contributed by atoms with E-state index in [-0.39, 0.29) is 22.6 Å². The Morgan fingerprint density at radius 1 is 1.05 bits per heavy atom. The monoisotopic (exact) mass is 566 g/mol. The molecule has 5 atom stereocenters. The van der Waals surface area contributed by atoms with Gasteiger partial charge in [0.2, 0.25) is 5.78 Å². The summed E-state index contributed by atoms with van der Waals surface area (Å²) in [5, 5.41) is 57.5. The Kier molecular flexibility index (Phi) is 6.51. The van der Waals surface area contributed by atoms with Crippen LogP contribution in [0.25, 0.3) is 0 Å². The van der Waals surface area contributed by atoms with Gasteiger partial charge in [0.05, 0.1) is 24.5 Å². The van der Waals surface area contributed by atoms with Gasteiger partial charge in [0.25, 0.3) is 5.91 Å². The van der Waals surface area contributed by atoms with Crippen LogP contribution >= 0.6 is 0 Å². The quantitative estimate of drug-likeness (QED) is 0.208. The number of aromatic hydroxyl groups is 1. The van der Waals surface area contributed by atoms with E-state index in [1.54, 1.807) is 19.1 Å². The molecular formula is C28H26N2O11. The highest BCUT2D eigenvalue weighted by Crippen LogP contribution is 2.55. The molecular weight excluding hydrogens is 540 g/mol. The minimum Gasteiger partial charge on any atom is -0.511 e. The van der Waals surface area contributed by atoms with E-state index in [2.05, 4.69) is 5.32 Å². The molecule has 2 aromatic rings. The standard InChI is InChI=1S/C28H26N2O11/c1-10-13-7-8-15(30-27(38)41-12-5-3-11(40-2)4-6-12)22(33)18(13)23(34)20-17(10)21(32)14-9-16(31)19(26(29)37)24(35)28(14,39)25(20)36/h3-8,10,14,17,21,31-33,36,39H,9H2,1-2H3,(H2,29,37)(H,30,38)/t10-,14+,17+,21+,28+/m0/s1. The molecule has 13 nitrogen and oxygen atoms in total. The number of nitrogens with one attached hydrogen (secondary N) is 1. The Morgan fingerprint density at radius 3 is 2.29 bits per heavy atom. The number of Topliss-reactive ketones (excluding diaryl/α,β-unsaturated/α-hetero) is 2. The fraction of sp³-hybridized carbons (Fsp3) is 0.286. The average molecular weight is 567 g/mol. The summed E-state index contributed by atoms with van der Waals surface area (Å²) in [6.45, 7) is 1.59. The Morgan fingerprint density at radius 2 is 1.68 bits per heavy atom. The summed E-state index contributed by atoms with van der Waals surface area (Å²) in [6.07, 6.45) is -3.21. The first kappa shape index (κ1) is 27.7. The third kappa shape index (κ3) is 4.00. The Balaban J connectivity index is 1.54. The third-order valence-electron chi connectivity index (χ3n) is 8.01. The first-order valence-corrected chi connectivity index (χ1v) is 12.5. The molecule has 2 aromatic carbocycles. The molecule has 41 heavy (non-hydrogen) atoms. The number of hydrogen-bond acceptors (Lipinski definition) is 11. The maximum atomic E-state index is 13.7. The maximum Gasteiger partial charge on any atom is 0.417 e. The van der Waals surface area contributed by atoms with Gasteiger partial charge < -0.3 is 40.7 Å². The number of phenolic OH excluding ortho intramolecular Hbond substituents is 1. The zero-order valence-electron chi connectivity index (χ0n) is 21.7. The SMILES string of the molecule is COc1ccc(OC(=O)Nc2ccc3c(c2O)C(=O)C2=C(O)[C@]4(O)C(=O)C(C(N)=O)=C(O)C[C@@H]4[C@@H](O)[C@@H]2[C@H]3C)cc1. The predicted molar refractivity (Wildman–Crippen MR) is 140 cm³/mol. The van der Waals surface area contributed by atoms with E-state index < -0.39 is 87.9 Å². The number of aliphatic hydroxyl groups excluding tert-OH is 3. The van der Waals surface area contributed by atoms with Crippen LogP contribution in [0, 0.1) is 11.8 Å². The number of ketones is 2. The fourth-order valence-electron chi connectivity index (χ4n) is 5.98. The second kappa shape index (κ2) is 9.64. The van der Waals surface area contributed by atoms with Crippen molar-refractivity contribution in [3.8, 4) is 17.2 Å². The minimum absolute atomic E-state index is 0.162. The zero-order valence-corrected chi connectivity index (χ0v) is 21.7. The molecule has 0 saturated heterocycles. The second-order valence-corrected chi connectivity index (χ2v) is 10.1. The number of methoxy groups -OCH3 is 1. The highest BCUT2D eigenvalue weighted by molar-refractivity contribution is 6.24. The van der Waals surface area contributed by atoms with E-state index in [0.29, 0.717) is 5.75 Å². The Bertz CT molecular complexity index is 1580. The van der Waals surface area contributed by atoms with E-state index in [0.717, 1.165) is 0 Å². The van der Waals surface area contributed by atoms with Crippen molar-refractivity contribution >= 4 is 29.3 Å². The first-order valence-electron chi connectivity index (χ1n) is 12.5. The van der Waals surface area contributed by atoms with Gasteiger partial charge in [-0.2, -0.15) is 0 Å². The lowest BCUT2D eigenvalue weighted by atomic mass is 9.56. The number of benzene rings is 2. The number of carbonyl (C=O) groups is 4. The molecule has 0 aromatic heterocycles. The van der Waals surface area contributed by atoms with Crippen LogP contribution < -0.4 is 20.5 Å². The Labute approximate surface area is 232 Å². The highest BCUT2D eigenvalue weighted by Gasteiger charge is 2.64. The van der Waals surface area contributed by atoms with Crippen molar-refractivity contribution in [3.63, 3.8) is 0 Å². The van der Waals surface area contributed by atoms with Crippen LogP contribution in [-0.4, -0.2) is 67.9 Å². The lowest BCUT2D eigenvalue weighted by Crippen LogP contribution is -2.62. The number of carbonyl (C=O) groups excluding carboxylic acids is 4. The Hall–Kier alpha value is -4.88. The number of nitrogens with two attached hydrogens (primary N) is 1. The number of rotatable bonds is 4. The van der Waals surface area contributed by atoms with Gasteiger partial charge >= 0.3 is 6.09 Å². The lowest BCUT2D eigenvalue weighted by Gasteiger charge is -2.50. The van der Waals surface area contributed by atoms with Gasteiger partial charge in [-0.15, -0.1) is 0 Å². The van der Waals surface area contributed by atoms with Crippen LogP contribution in [0.15, 0.2) is 59.1 Å². The summed E-state index contributed by atoms with van der Waals surface area (Å²) in [7, 11) is 1.47. The van der Waals surface area contributed by atoms with Gasteiger partial charge in [-0.25, -0.2) is 4.79 Å². The number of allylic oxidation sites excluding steroid dienone is 1. The van der Waals surface area contributed by atoms with Crippen LogP contribution in [0.2, 0.25) is 0 Å². The van der Waals surface area contributed by atoms with Gasteiger partial charge in [-0.3, -0.25) is 19.7 Å². The zero-order chi connectivity index (χ0) is 30.0. The van der Waals surface area contributed by atoms with E-state index in [9.17, 15) is 44.7 Å². The molecule has 8 N–H and O–H groups in total. The first-order chi connectivity index (χ1) is 19.3. The van der Waals surface area contributed by atoms with Crippen molar-refractivity contribution in [1.82, 2.24) is 0 Å². The number of aliphatic hydroxyl groups is 4. The maximum absolute atomic E-state index is 13.7. The summed E-state index contributed by atoms with van der Waals surface area (Å²) in [5.74, 6) is -9.14. The molecule has 5 rings (SSSR count). The van der Waals surface area contributed by atoms with Crippen LogP contribution in [0.4, 0.5) is 10.5 Å². The van der Waals surface area contributed by atoms with Crippen LogP contribution in [-0.2, 0) is 9.59 Å². The molecule has 13 heteroatoms. The molecule has 0 bridgehead atoms. The molecule has 0 saturated carbocycles. The van der Waals surface area contributed by atoms with Crippen molar-refractivity contribution in [2.75, 3.05) is 12.4 Å². The normalized spacial score (nSPS) is 27.0. The molecule has 2 amide bonds. The largest absolute Gasteiger partial charge is 0.511 e. The van der Waals surface area contributed by atoms with E-state index in [1.165, 1.54) is 31.4 Å². The van der Waals surface area contributed by atoms with Crippen molar-refractivity contribution in [1.29, 1.82) is 0 Å². The molecule has 0 fully saturated rings.